The molecule has 0 amide bonds. The summed E-state index contributed by atoms with van der Waals surface area (Å²) in [5, 5.41) is 31.2. The Kier molecular flexibility index (Phi) is 5.58. The Hall–Kier alpha value is -3.49. The number of halogens is 1. The summed E-state index contributed by atoms with van der Waals surface area (Å²) in [5.41, 5.74) is -0.838. The molecule has 1 aliphatic rings. The molecule has 3 aromatic heterocycles. The number of aliphatic hydroxyl groups excluding tert-OH is 2. The molecule has 4 heterocycles. The number of hydrogen-bond acceptors (Lipinski definition) is 11. The third kappa shape index (κ3) is 3.83. The SMILES string of the molecule is O=C(O)c1cn(-c2ncns2)c2nc(N3CC(=NOC(CO)CO)C3)c(F)cc2c1=O. The van der Waals surface area contributed by atoms with E-state index >= 15 is 0 Å². The summed E-state index contributed by atoms with van der Waals surface area (Å²) in [6, 6.07) is 0.948. The van der Waals surface area contributed by atoms with Crippen LogP contribution in [0.25, 0.3) is 16.2 Å². The van der Waals surface area contributed by atoms with Gasteiger partial charge >= 0.3 is 5.97 Å². The molecule has 0 unspecified atom stereocenters. The number of fused-ring (bicyclic) bond motifs is 1. The van der Waals surface area contributed by atoms with Gasteiger partial charge in [0.15, 0.2) is 23.4 Å². The molecule has 0 aliphatic carbocycles. The van der Waals surface area contributed by atoms with Crippen LogP contribution in [0.2, 0.25) is 0 Å². The third-order valence-corrected chi connectivity index (χ3v) is 5.15. The first-order chi connectivity index (χ1) is 14.9. The molecular weight excluding hydrogens is 435 g/mol. The van der Waals surface area contributed by atoms with Crippen molar-refractivity contribution in [3.63, 3.8) is 0 Å². The lowest BCUT2D eigenvalue weighted by molar-refractivity contribution is -0.0176. The number of anilines is 1. The van der Waals surface area contributed by atoms with Gasteiger partial charge in [0.1, 0.15) is 11.9 Å². The number of carbonyl (C=O) groups is 1. The molecule has 0 spiro atoms. The summed E-state index contributed by atoms with van der Waals surface area (Å²) < 4.78 is 19.9. The normalized spacial score (nSPS) is 13.5. The minimum absolute atomic E-state index is 0.0328. The number of carboxylic acid groups (broad SMARTS) is 1. The topological polar surface area (TPSA) is 163 Å². The van der Waals surface area contributed by atoms with Gasteiger partial charge in [-0.2, -0.15) is 4.37 Å². The number of carboxylic acids is 1. The average Bonchev–Trinajstić information content (AvgIpc) is 3.25. The van der Waals surface area contributed by atoms with Crippen LogP contribution in [0.3, 0.4) is 0 Å². The van der Waals surface area contributed by atoms with Crippen molar-refractivity contribution < 1.29 is 29.3 Å². The summed E-state index contributed by atoms with van der Waals surface area (Å²) in [4.78, 5) is 38.8. The zero-order chi connectivity index (χ0) is 22.1. The Morgan fingerprint density at radius 2 is 2.10 bits per heavy atom. The Bertz CT molecular complexity index is 1220. The van der Waals surface area contributed by atoms with Crippen LogP contribution in [0.1, 0.15) is 10.4 Å². The molecule has 0 atom stereocenters. The van der Waals surface area contributed by atoms with Crippen molar-refractivity contribution in [1.82, 2.24) is 18.9 Å². The highest BCUT2D eigenvalue weighted by atomic mass is 32.1. The first-order valence-corrected chi connectivity index (χ1v) is 9.64. The summed E-state index contributed by atoms with van der Waals surface area (Å²) in [6.07, 6.45) is 1.50. The van der Waals surface area contributed by atoms with Crippen molar-refractivity contribution >= 4 is 40.1 Å². The first kappa shape index (κ1) is 20.8. The number of nitrogens with zero attached hydrogens (tertiary/aromatic N) is 6. The number of pyridine rings is 2. The zero-order valence-electron chi connectivity index (χ0n) is 15.7. The predicted molar refractivity (Wildman–Crippen MR) is 106 cm³/mol. The smallest absolute Gasteiger partial charge is 0.341 e. The van der Waals surface area contributed by atoms with Gasteiger partial charge in [-0.15, -0.1) is 0 Å². The van der Waals surface area contributed by atoms with E-state index < -0.39 is 42.1 Å². The highest BCUT2D eigenvalue weighted by Crippen LogP contribution is 2.26. The van der Waals surface area contributed by atoms with Gasteiger partial charge in [0.2, 0.25) is 10.6 Å². The standard InChI is InChI=1S/C17H15FN6O6S/c18-12-1-10-13(27)11(16(28)29)4-24(17-19-7-20-31-17)14(10)21-15(12)23-2-8(3-23)22-30-9(5-25)6-26/h1,4,7,9,25-26H,2-3,5-6H2,(H,28,29). The molecule has 3 aromatic rings. The molecular formula is C17H15FN6O6S. The van der Waals surface area contributed by atoms with Crippen LogP contribution in [0.15, 0.2) is 28.5 Å². The second kappa shape index (κ2) is 8.33. The van der Waals surface area contributed by atoms with Gasteiger partial charge in [0.25, 0.3) is 0 Å². The van der Waals surface area contributed by atoms with Crippen LogP contribution < -0.4 is 10.3 Å². The predicted octanol–water partition coefficient (Wildman–Crippen LogP) is -0.380. The van der Waals surface area contributed by atoms with Crippen molar-refractivity contribution in [3.05, 3.63) is 40.2 Å². The Labute approximate surface area is 176 Å². The van der Waals surface area contributed by atoms with Gasteiger partial charge in [-0.25, -0.2) is 19.2 Å². The van der Waals surface area contributed by atoms with Crippen molar-refractivity contribution in [2.24, 2.45) is 5.16 Å². The molecule has 0 saturated carbocycles. The summed E-state index contributed by atoms with van der Waals surface area (Å²) in [6.45, 7) is -0.455. The quantitative estimate of drug-likeness (QED) is 0.404. The van der Waals surface area contributed by atoms with Gasteiger partial charge < -0.3 is 25.1 Å². The molecule has 0 aromatic carbocycles. The van der Waals surface area contributed by atoms with Gasteiger partial charge in [0, 0.05) is 17.7 Å². The van der Waals surface area contributed by atoms with E-state index in [1.165, 1.54) is 15.8 Å². The molecule has 3 N–H and O–H groups in total. The van der Waals surface area contributed by atoms with Gasteiger partial charge in [-0.3, -0.25) is 9.36 Å². The monoisotopic (exact) mass is 450 g/mol. The van der Waals surface area contributed by atoms with E-state index in [4.69, 9.17) is 15.1 Å². The summed E-state index contributed by atoms with van der Waals surface area (Å²) in [7, 11) is 0. The number of rotatable bonds is 7. The maximum atomic E-state index is 14.8. The zero-order valence-corrected chi connectivity index (χ0v) is 16.5. The van der Waals surface area contributed by atoms with E-state index in [0.717, 1.165) is 23.8 Å². The van der Waals surface area contributed by atoms with Crippen LogP contribution in [0, 0.1) is 5.82 Å². The molecule has 14 heteroatoms. The number of aromatic carboxylic acids is 1. The molecule has 162 valence electrons. The molecule has 12 nitrogen and oxygen atoms in total. The second-order valence-corrected chi connectivity index (χ2v) is 7.30. The van der Waals surface area contributed by atoms with Gasteiger partial charge in [-0.05, 0) is 6.07 Å². The Morgan fingerprint density at radius 1 is 1.35 bits per heavy atom. The van der Waals surface area contributed by atoms with E-state index in [1.54, 1.807) is 0 Å². The van der Waals surface area contributed by atoms with Crippen LogP contribution in [-0.2, 0) is 4.84 Å². The van der Waals surface area contributed by atoms with E-state index in [-0.39, 0.29) is 35.1 Å². The average molecular weight is 450 g/mol. The fourth-order valence-corrected chi connectivity index (χ4v) is 3.39. The Balaban J connectivity index is 1.73. The first-order valence-electron chi connectivity index (χ1n) is 8.87. The lowest BCUT2D eigenvalue weighted by Crippen LogP contribution is -2.48. The molecule has 0 radical (unpaired) electrons. The molecule has 1 saturated heterocycles. The van der Waals surface area contributed by atoms with Gasteiger partial charge in [-0.1, -0.05) is 5.16 Å². The molecule has 31 heavy (non-hydrogen) atoms. The highest BCUT2D eigenvalue weighted by molar-refractivity contribution is 7.08. The number of oxime groups is 1. The lowest BCUT2D eigenvalue weighted by atomic mass is 10.1. The van der Waals surface area contributed by atoms with Crippen LogP contribution >= 0.6 is 11.5 Å². The van der Waals surface area contributed by atoms with E-state index in [0.29, 0.717) is 5.71 Å². The minimum Gasteiger partial charge on any atom is -0.477 e. The van der Waals surface area contributed by atoms with Crippen LogP contribution in [-0.4, -0.2) is 78.3 Å². The maximum Gasteiger partial charge on any atom is 0.341 e. The Morgan fingerprint density at radius 3 is 2.71 bits per heavy atom. The molecule has 0 bridgehead atoms. The molecule has 1 aliphatic heterocycles. The van der Waals surface area contributed by atoms with Crippen molar-refractivity contribution in [2.45, 2.75) is 6.10 Å². The van der Waals surface area contributed by atoms with Gasteiger partial charge in [0.05, 0.1) is 37.4 Å². The largest absolute Gasteiger partial charge is 0.477 e. The van der Waals surface area contributed by atoms with Crippen LogP contribution in [0.4, 0.5) is 10.2 Å². The number of aromatic nitrogens is 4. The number of aliphatic hydroxyl groups is 2. The van der Waals surface area contributed by atoms with Crippen molar-refractivity contribution in [2.75, 3.05) is 31.2 Å². The van der Waals surface area contributed by atoms with E-state index in [1.807, 2.05) is 0 Å². The maximum absolute atomic E-state index is 14.8. The highest BCUT2D eigenvalue weighted by Gasteiger charge is 2.29. The summed E-state index contributed by atoms with van der Waals surface area (Å²) in [5.74, 6) is -2.32. The van der Waals surface area contributed by atoms with E-state index in [9.17, 15) is 19.1 Å². The lowest BCUT2D eigenvalue weighted by Gasteiger charge is -2.33. The number of hydrogen-bond donors (Lipinski definition) is 3. The minimum atomic E-state index is -1.46. The fraction of sp³-hybridized carbons (Fsp3) is 0.294. The van der Waals surface area contributed by atoms with Crippen LogP contribution in [0.5, 0.6) is 0 Å². The summed E-state index contributed by atoms with van der Waals surface area (Å²) >= 11 is 0.952. The van der Waals surface area contributed by atoms with Crippen molar-refractivity contribution in [1.29, 1.82) is 0 Å². The fourth-order valence-electron chi connectivity index (χ4n) is 2.88. The second-order valence-electron chi connectivity index (χ2n) is 6.54. The molecule has 1 fully saturated rings. The van der Waals surface area contributed by atoms with Crippen molar-refractivity contribution in [3.8, 4) is 5.13 Å². The molecule has 4 rings (SSSR count). The van der Waals surface area contributed by atoms with E-state index in [2.05, 4.69) is 19.5 Å². The third-order valence-electron chi connectivity index (χ3n) is 4.48.